The molecule has 0 unspecified atom stereocenters. The van der Waals surface area contributed by atoms with E-state index in [1.54, 1.807) is 0 Å². The summed E-state index contributed by atoms with van der Waals surface area (Å²) >= 11 is 0. The van der Waals surface area contributed by atoms with Gasteiger partial charge >= 0.3 is 0 Å². The van der Waals surface area contributed by atoms with Crippen molar-refractivity contribution in [1.29, 1.82) is 0 Å². The van der Waals surface area contributed by atoms with Crippen LogP contribution in [0.15, 0.2) is 42.6 Å². The summed E-state index contributed by atoms with van der Waals surface area (Å²) in [5, 5.41) is 0. The normalized spacial score (nSPS) is 15.7. The van der Waals surface area contributed by atoms with Gasteiger partial charge in [0.1, 0.15) is 0 Å². The largest absolute Gasteiger partial charge is 0.371 e. The van der Waals surface area contributed by atoms with Crippen LogP contribution in [0.4, 0.5) is 5.69 Å². The van der Waals surface area contributed by atoms with E-state index < -0.39 is 0 Å². The highest BCUT2D eigenvalue weighted by molar-refractivity contribution is 5.77. The number of hydrogen-bond donors (Lipinski definition) is 0. The SMILES string of the molecule is [c]1nccc(N2CCCCC2)c1-c1ccccc1. The van der Waals surface area contributed by atoms with E-state index in [2.05, 4.69) is 46.4 Å². The molecule has 1 fully saturated rings. The van der Waals surface area contributed by atoms with Crippen LogP contribution >= 0.6 is 0 Å². The Kier molecular flexibility index (Phi) is 3.26. The van der Waals surface area contributed by atoms with E-state index in [4.69, 9.17) is 0 Å². The predicted molar refractivity (Wildman–Crippen MR) is 74.6 cm³/mol. The molecule has 0 N–H and O–H groups in total. The third-order valence-corrected chi connectivity index (χ3v) is 3.50. The monoisotopic (exact) mass is 237 g/mol. The van der Waals surface area contributed by atoms with Gasteiger partial charge in [-0.05, 0) is 30.9 Å². The van der Waals surface area contributed by atoms with Crippen molar-refractivity contribution in [2.24, 2.45) is 0 Å². The molecule has 18 heavy (non-hydrogen) atoms. The summed E-state index contributed by atoms with van der Waals surface area (Å²) in [5.41, 5.74) is 3.60. The Morgan fingerprint density at radius 3 is 2.50 bits per heavy atom. The third-order valence-electron chi connectivity index (χ3n) is 3.50. The minimum atomic E-state index is 1.13. The third kappa shape index (κ3) is 2.23. The second kappa shape index (κ2) is 5.21. The van der Waals surface area contributed by atoms with Crippen molar-refractivity contribution in [2.75, 3.05) is 18.0 Å². The van der Waals surface area contributed by atoms with Gasteiger partial charge in [0.25, 0.3) is 0 Å². The molecule has 2 aromatic rings. The highest BCUT2D eigenvalue weighted by Gasteiger charge is 2.15. The lowest BCUT2D eigenvalue weighted by Crippen LogP contribution is -2.29. The molecular formula is C16H17N2. The van der Waals surface area contributed by atoms with Gasteiger partial charge in [-0.1, -0.05) is 30.3 Å². The summed E-state index contributed by atoms with van der Waals surface area (Å²) in [6.07, 6.45) is 8.93. The lowest BCUT2D eigenvalue weighted by atomic mass is 10.0. The summed E-state index contributed by atoms with van der Waals surface area (Å²) in [6, 6.07) is 12.5. The van der Waals surface area contributed by atoms with Gasteiger partial charge in [-0.2, -0.15) is 0 Å². The molecule has 1 aromatic heterocycles. The molecule has 2 heterocycles. The van der Waals surface area contributed by atoms with E-state index in [9.17, 15) is 0 Å². The van der Waals surface area contributed by atoms with Gasteiger partial charge in [0, 0.05) is 30.5 Å². The molecule has 0 spiro atoms. The van der Waals surface area contributed by atoms with Crippen LogP contribution < -0.4 is 4.90 Å². The fraction of sp³-hybridized carbons (Fsp3) is 0.312. The number of nitrogens with zero attached hydrogens (tertiary/aromatic N) is 2. The molecule has 0 aliphatic carbocycles. The van der Waals surface area contributed by atoms with Crippen molar-refractivity contribution in [3.63, 3.8) is 0 Å². The second-order valence-corrected chi connectivity index (χ2v) is 4.73. The number of hydrogen-bond acceptors (Lipinski definition) is 2. The lowest BCUT2D eigenvalue weighted by molar-refractivity contribution is 0.578. The van der Waals surface area contributed by atoms with Crippen LogP contribution in [-0.2, 0) is 0 Å². The number of benzene rings is 1. The van der Waals surface area contributed by atoms with Crippen molar-refractivity contribution < 1.29 is 0 Å². The smallest absolute Gasteiger partial charge is 0.0992 e. The molecule has 91 valence electrons. The first-order valence-electron chi connectivity index (χ1n) is 6.62. The van der Waals surface area contributed by atoms with E-state index in [1.165, 1.54) is 30.5 Å². The summed E-state index contributed by atoms with van der Waals surface area (Å²) in [5.74, 6) is 0. The van der Waals surface area contributed by atoms with E-state index in [0.29, 0.717) is 0 Å². The van der Waals surface area contributed by atoms with Crippen LogP contribution in [0.2, 0.25) is 0 Å². The summed E-state index contributed by atoms with van der Waals surface area (Å²) in [7, 11) is 0. The van der Waals surface area contributed by atoms with Gasteiger partial charge in [-0.15, -0.1) is 0 Å². The van der Waals surface area contributed by atoms with E-state index in [0.717, 1.165) is 18.7 Å². The first-order chi connectivity index (χ1) is 8.95. The maximum atomic E-state index is 4.16. The maximum Gasteiger partial charge on any atom is 0.0992 e. The molecule has 3 rings (SSSR count). The zero-order chi connectivity index (χ0) is 12.2. The van der Waals surface area contributed by atoms with Gasteiger partial charge in [-0.25, -0.2) is 0 Å². The Hall–Kier alpha value is -1.83. The molecule has 1 radical (unpaired) electrons. The number of piperidine rings is 1. The Balaban J connectivity index is 1.99. The van der Waals surface area contributed by atoms with Crippen molar-refractivity contribution in [3.8, 4) is 11.1 Å². The number of rotatable bonds is 2. The Morgan fingerprint density at radius 1 is 0.944 bits per heavy atom. The first-order valence-corrected chi connectivity index (χ1v) is 6.62. The molecule has 1 aliphatic heterocycles. The van der Waals surface area contributed by atoms with Crippen LogP contribution in [0, 0.1) is 6.20 Å². The van der Waals surface area contributed by atoms with Crippen molar-refractivity contribution >= 4 is 5.69 Å². The van der Waals surface area contributed by atoms with Gasteiger partial charge < -0.3 is 4.90 Å². The Morgan fingerprint density at radius 2 is 1.72 bits per heavy atom. The maximum absolute atomic E-state index is 4.16. The van der Waals surface area contributed by atoms with Crippen molar-refractivity contribution in [1.82, 2.24) is 4.98 Å². The zero-order valence-corrected chi connectivity index (χ0v) is 10.5. The zero-order valence-electron chi connectivity index (χ0n) is 10.5. The van der Waals surface area contributed by atoms with Crippen LogP contribution in [-0.4, -0.2) is 18.1 Å². The molecular weight excluding hydrogens is 220 g/mol. The average molecular weight is 237 g/mol. The molecule has 0 bridgehead atoms. The quantitative estimate of drug-likeness (QED) is 0.794. The van der Waals surface area contributed by atoms with E-state index in [1.807, 2.05) is 12.3 Å². The predicted octanol–water partition coefficient (Wildman–Crippen LogP) is 3.54. The first kappa shape index (κ1) is 11.3. The minimum Gasteiger partial charge on any atom is -0.371 e. The number of pyridine rings is 1. The van der Waals surface area contributed by atoms with Crippen molar-refractivity contribution in [3.05, 3.63) is 48.8 Å². The molecule has 0 saturated carbocycles. The average Bonchev–Trinajstić information content (AvgIpc) is 2.49. The molecule has 2 nitrogen and oxygen atoms in total. The van der Waals surface area contributed by atoms with Crippen LogP contribution in [0.25, 0.3) is 11.1 Å². The standard InChI is InChI=1S/C16H17N2/c1-3-7-14(8-4-1)15-13-17-10-9-16(15)18-11-5-2-6-12-18/h1,3-4,7-10H,2,5-6,11-12H2. The van der Waals surface area contributed by atoms with Crippen molar-refractivity contribution in [2.45, 2.75) is 19.3 Å². The summed E-state index contributed by atoms with van der Waals surface area (Å²) < 4.78 is 0. The molecule has 0 atom stereocenters. The van der Waals surface area contributed by atoms with Crippen LogP contribution in [0.5, 0.6) is 0 Å². The van der Waals surface area contributed by atoms with Gasteiger partial charge in [0.2, 0.25) is 0 Å². The number of anilines is 1. The second-order valence-electron chi connectivity index (χ2n) is 4.73. The summed E-state index contributed by atoms with van der Waals surface area (Å²) in [6.45, 7) is 2.30. The molecule has 0 amide bonds. The molecule has 2 heteroatoms. The fourth-order valence-electron chi connectivity index (χ4n) is 2.57. The van der Waals surface area contributed by atoms with E-state index >= 15 is 0 Å². The van der Waals surface area contributed by atoms with Crippen LogP contribution in [0.3, 0.4) is 0 Å². The lowest BCUT2D eigenvalue weighted by Gasteiger charge is -2.30. The minimum absolute atomic E-state index is 1.13. The Labute approximate surface area is 108 Å². The fourth-order valence-corrected chi connectivity index (χ4v) is 2.57. The Bertz CT molecular complexity index is 502. The molecule has 1 aromatic carbocycles. The summed E-state index contributed by atoms with van der Waals surface area (Å²) in [4.78, 5) is 6.63. The topological polar surface area (TPSA) is 16.1 Å². The van der Waals surface area contributed by atoms with Crippen LogP contribution in [0.1, 0.15) is 19.3 Å². The van der Waals surface area contributed by atoms with E-state index in [-0.39, 0.29) is 0 Å². The highest BCUT2D eigenvalue weighted by Crippen LogP contribution is 2.30. The number of aromatic nitrogens is 1. The molecule has 1 saturated heterocycles. The molecule has 1 aliphatic rings. The van der Waals surface area contributed by atoms with Gasteiger partial charge in [0.05, 0.1) is 6.20 Å². The van der Waals surface area contributed by atoms with Gasteiger partial charge in [0.15, 0.2) is 0 Å². The highest BCUT2D eigenvalue weighted by atomic mass is 15.1. The van der Waals surface area contributed by atoms with Gasteiger partial charge in [-0.3, -0.25) is 4.98 Å².